The van der Waals surface area contributed by atoms with Crippen molar-refractivity contribution in [1.82, 2.24) is 5.32 Å². The van der Waals surface area contributed by atoms with E-state index < -0.39 is 5.63 Å². The van der Waals surface area contributed by atoms with Crippen LogP contribution in [-0.4, -0.2) is 45.2 Å². The first-order chi connectivity index (χ1) is 16.7. The van der Waals surface area contributed by atoms with Crippen molar-refractivity contribution in [2.75, 3.05) is 44.2 Å². The molecule has 1 saturated heterocycles. The fourth-order valence-corrected chi connectivity index (χ4v) is 4.65. The van der Waals surface area contributed by atoms with Crippen molar-refractivity contribution in [2.24, 2.45) is 0 Å². The molecule has 6 heteroatoms. The zero-order valence-corrected chi connectivity index (χ0v) is 19.0. The van der Waals surface area contributed by atoms with Crippen LogP contribution in [0.5, 0.6) is 0 Å². The van der Waals surface area contributed by atoms with Crippen molar-refractivity contribution in [3.63, 3.8) is 0 Å². The lowest BCUT2D eigenvalue weighted by molar-refractivity contribution is -0.899. The monoisotopic (exact) mass is 454 g/mol. The number of fused-ring (bicyclic) bond motifs is 1. The van der Waals surface area contributed by atoms with Crippen LogP contribution in [0.3, 0.4) is 0 Å². The minimum absolute atomic E-state index is 0.0683. The molecule has 0 atom stereocenters. The molecule has 1 fully saturated rings. The van der Waals surface area contributed by atoms with Crippen molar-refractivity contribution >= 4 is 22.4 Å². The Balaban J connectivity index is 1.28. The molecule has 5 rings (SSSR count). The Morgan fingerprint density at radius 1 is 0.853 bits per heavy atom. The Morgan fingerprint density at radius 3 is 2.18 bits per heavy atom. The van der Waals surface area contributed by atoms with Gasteiger partial charge in [-0.05, 0) is 23.8 Å². The van der Waals surface area contributed by atoms with E-state index in [-0.39, 0.29) is 11.7 Å². The molecule has 4 aromatic rings. The molecule has 2 heterocycles. The van der Waals surface area contributed by atoms with Gasteiger partial charge in [0.25, 0.3) is 5.91 Å². The molecule has 2 N–H and O–H groups in total. The Morgan fingerprint density at radius 2 is 1.47 bits per heavy atom. The smallest absolute Gasteiger partial charge is 0.344 e. The first-order valence-corrected chi connectivity index (χ1v) is 11.7. The number of para-hydroxylation sites is 1. The van der Waals surface area contributed by atoms with E-state index >= 15 is 0 Å². The van der Waals surface area contributed by atoms with Crippen LogP contribution in [0, 0.1) is 0 Å². The summed E-state index contributed by atoms with van der Waals surface area (Å²) in [6, 6.07) is 27.3. The van der Waals surface area contributed by atoms with Crippen molar-refractivity contribution < 1.29 is 14.1 Å². The van der Waals surface area contributed by atoms with E-state index in [1.807, 2.05) is 48.5 Å². The maximum absolute atomic E-state index is 13.2. The molecule has 0 unspecified atom stereocenters. The van der Waals surface area contributed by atoms with Gasteiger partial charge >= 0.3 is 5.63 Å². The molecule has 0 aliphatic carbocycles. The summed E-state index contributed by atoms with van der Waals surface area (Å²) >= 11 is 0. The number of rotatable bonds is 6. The van der Waals surface area contributed by atoms with E-state index in [1.165, 1.54) is 10.6 Å². The lowest BCUT2D eigenvalue weighted by Crippen LogP contribution is -3.15. The van der Waals surface area contributed by atoms with E-state index in [0.29, 0.717) is 17.5 Å². The summed E-state index contributed by atoms with van der Waals surface area (Å²) in [4.78, 5) is 29.6. The topological polar surface area (TPSA) is 67.0 Å². The van der Waals surface area contributed by atoms with Gasteiger partial charge in [0, 0.05) is 16.6 Å². The Bertz CT molecular complexity index is 1330. The lowest BCUT2D eigenvalue weighted by atomic mass is 9.98. The number of hydrogen-bond acceptors (Lipinski definition) is 4. The highest BCUT2D eigenvalue weighted by atomic mass is 16.4. The summed E-state index contributed by atoms with van der Waals surface area (Å²) in [6.45, 7) is 5.36. The second-order valence-electron chi connectivity index (χ2n) is 8.58. The molecule has 3 aromatic carbocycles. The molecular weight excluding hydrogens is 426 g/mol. The zero-order chi connectivity index (χ0) is 23.3. The fraction of sp³-hybridized carbons (Fsp3) is 0.214. The molecular formula is C28H28N3O3+. The molecule has 1 aromatic heterocycles. The average molecular weight is 455 g/mol. The third kappa shape index (κ3) is 4.58. The molecule has 172 valence electrons. The summed E-state index contributed by atoms with van der Waals surface area (Å²) in [6.07, 6.45) is 0. The number of hydrogen-bond donors (Lipinski definition) is 2. The molecule has 6 nitrogen and oxygen atoms in total. The summed E-state index contributed by atoms with van der Waals surface area (Å²) in [5.74, 6) is -0.289. The van der Waals surface area contributed by atoms with Crippen molar-refractivity contribution in [2.45, 2.75) is 0 Å². The Hall–Kier alpha value is -3.90. The van der Waals surface area contributed by atoms with Crippen LogP contribution in [0.25, 0.3) is 21.9 Å². The van der Waals surface area contributed by atoms with Gasteiger partial charge in [-0.1, -0.05) is 66.7 Å². The van der Waals surface area contributed by atoms with Gasteiger partial charge in [0.2, 0.25) is 5.76 Å². The highest BCUT2D eigenvalue weighted by Crippen LogP contribution is 2.30. The number of carbonyl (C=O) groups is 1. The number of benzene rings is 3. The normalized spacial score (nSPS) is 14.3. The Kier molecular flexibility index (Phi) is 6.40. The average Bonchev–Trinajstić information content (AvgIpc) is 2.90. The van der Waals surface area contributed by atoms with Crippen LogP contribution in [0.4, 0.5) is 5.69 Å². The number of quaternary nitrogens is 1. The standard InChI is InChI=1S/C28H27N3O3/c32-27(29-15-16-30-17-19-31(20-18-30)22-11-5-2-6-12-22)26-25(21-9-3-1-4-10-21)23-13-7-8-14-24(23)28(33)34-26/h1-14H,15-20H2,(H,29,32)/p+1. The number of amides is 1. The SMILES string of the molecule is O=C(NCC[NH+]1CCN(c2ccccc2)CC1)c1oc(=O)c2ccccc2c1-c1ccccc1. The van der Waals surface area contributed by atoms with Crippen LogP contribution >= 0.6 is 0 Å². The van der Waals surface area contributed by atoms with Crippen LogP contribution in [-0.2, 0) is 0 Å². The number of carbonyl (C=O) groups excluding carboxylic acids is 1. The van der Waals surface area contributed by atoms with Gasteiger partial charge in [-0.2, -0.15) is 0 Å². The fourth-order valence-electron chi connectivity index (χ4n) is 4.65. The molecule has 34 heavy (non-hydrogen) atoms. The highest BCUT2D eigenvalue weighted by Gasteiger charge is 2.23. The number of nitrogens with one attached hydrogen (secondary N) is 2. The van der Waals surface area contributed by atoms with Gasteiger partial charge in [0.05, 0.1) is 44.7 Å². The van der Waals surface area contributed by atoms with E-state index in [1.54, 1.807) is 12.1 Å². The molecule has 1 aliphatic heterocycles. The van der Waals surface area contributed by atoms with Crippen molar-refractivity contribution in [3.05, 3.63) is 101 Å². The largest absolute Gasteiger partial charge is 0.416 e. The van der Waals surface area contributed by atoms with E-state index in [4.69, 9.17) is 4.42 Å². The van der Waals surface area contributed by atoms with E-state index in [0.717, 1.165) is 43.7 Å². The first-order valence-electron chi connectivity index (χ1n) is 11.7. The summed E-state index contributed by atoms with van der Waals surface area (Å²) < 4.78 is 5.56. The van der Waals surface area contributed by atoms with Gasteiger partial charge in [-0.15, -0.1) is 0 Å². The molecule has 0 spiro atoms. The summed E-state index contributed by atoms with van der Waals surface area (Å²) in [5.41, 5.74) is 2.25. The number of nitrogens with zero attached hydrogens (tertiary/aromatic N) is 1. The van der Waals surface area contributed by atoms with Crippen molar-refractivity contribution in [1.29, 1.82) is 0 Å². The summed E-state index contributed by atoms with van der Waals surface area (Å²) in [7, 11) is 0. The molecule has 1 aliphatic rings. The molecule has 0 radical (unpaired) electrons. The minimum Gasteiger partial charge on any atom is -0.416 e. The van der Waals surface area contributed by atoms with Gasteiger partial charge in [0.1, 0.15) is 0 Å². The second-order valence-corrected chi connectivity index (χ2v) is 8.58. The number of anilines is 1. The van der Waals surface area contributed by atoms with Crippen LogP contribution in [0.1, 0.15) is 10.6 Å². The molecule has 1 amide bonds. The summed E-state index contributed by atoms with van der Waals surface area (Å²) in [5, 5.41) is 4.18. The van der Waals surface area contributed by atoms with Crippen molar-refractivity contribution in [3.8, 4) is 11.1 Å². The maximum atomic E-state index is 13.2. The van der Waals surface area contributed by atoms with E-state index in [2.05, 4.69) is 34.5 Å². The van der Waals surface area contributed by atoms with Crippen LogP contribution < -0.4 is 20.7 Å². The van der Waals surface area contributed by atoms with Crippen LogP contribution in [0.2, 0.25) is 0 Å². The quantitative estimate of drug-likeness (QED) is 0.470. The highest BCUT2D eigenvalue weighted by molar-refractivity contribution is 6.07. The number of piperazine rings is 1. The van der Waals surface area contributed by atoms with E-state index in [9.17, 15) is 9.59 Å². The second kappa shape index (κ2) is 9.93. The van der Waals surface area contributed by atoms with Gasteiger partial charge in [-0.3, -0.25) is 4.79 Å². The molecule has 0 saturated carbocycles. The van der Waals surface area contributed by atoms with Crippen LogP contribution in [0.15, 0.2) is 94.1 Å². The third-order valence-corrected chi connectivity index (χ3v) is 6.46. The minimum atomic E-state index is -0.497. The zero-order valence-electron chi connectivity index (χ0n) is 19.0. The van der Waals surface area contributed by atoms with Gasteiger partial charge in [0.15, 0.2) is 0 Å². The lowest BCUT2D eigenvalue weighted by Gasteiger charge is -2.33. The first kappa shape index (κ1) is 21.9. The Labute approximate surface area is 198 Å². The maximum Gasteiger partial charge on any atom is 0.344 e. The predicted octanol–water partition coefficient (Wildman–Crippen LogP) is 2.59. The molecule has 0 bridgehead atoms. The predicted molar refractivity (Wildman–Crippen MR) is 134 cm³/mol. The van der Waals surface area contributed by atoms with Gasteiger partial charge < -0.3 is 19.5 Å². The third-order valence-electron chi connectivity index (χ3n) is 6.46. The van der Waals surface area contributed by atoms with Gasteiger partial charge in [-0.25, -0.2) is 4.79 Å².